The molecule has 0 N–H and O–H groups in total. The van der Waals surface area contributed by atoms with Crippen molar-refractivity contribution in [2.45, 2.75) is 96.4 Å². The number of hydrogen-bond donors (Lipinski definition) is 0. The summed E-state index contributed by atoms with van der Waals surface area (Å²) in [5, 5.41) is 0. The van der Waals surface area contributed by atoms with E-state index in [4.69, 9.17) is 0 Å². The first-order valence-electron chi connectivity index (χ1n) is 12.1. The quantitative estimate of drug-likeness (QED) is 0.728. The fraction of sp³-hybridized carbons (Fsp3) is 0.731. The van der Waals surface area contributed by atoms with Gasteiger partial charge in [-0.2, -0.15) is 0 Å². The molecule has 4 nitrogen and oxygen atoms in total. The minimum Gasteiger partial charge on any atom is -0.338 e. The van der Waals surface area contributed by atoms with Crippen LogP contribution in [-0.4, -0.2) is 63.4 Å². The second kappa shape index (κ2) is 8.27. The molecule has 4 rings (SSSR count). The van der Waals surface area contributed by atoms with E-state index in [0.29, 0.717) is 17.9 Å². The van der Waals surface area contributed by atoms with Crippen molar-refractivity contribution in [2.24, 2.45) is 5.92 Å². The van der Waals surface area contributed by atoms with Crippen molar-refractivity contribution in [3.8, 4) is 0 Å². The van der Waals surface area contributed by atoms with E-state index < -0.39 is 0 Å². The third-order valence-corrected chi connectivity index (χ3v) is 7.97. The Morgan fingerprint density at radius 1 is 0.967 bits per heavy atom. The van der Waals surface area contributed by atoms with Crippen molar-refractivity contribution in [2.75, 3.05) is 19.6 Å². The highest BCUT2D eigenvalue weighted by molar-refractivity contribution is 5.85. The molecule has 3 aliphatic heterocycles. The zero-order chi connectivity index (χ0) is 21.5. The summed E-state index contributed by atoms with van der Waals surface area (Å²) in [5.41, 5.74) is 1.56. The predicted octanol–water partition coefficient (Wildman–Crippen LogP) is 4.54. The summed E-state index contributed by atoms with van der Waals surface area (Å²) >= 11 is 0. The monoisotopic (exact) mass is 411 g/mol. The Kier molecular flexibility index (Phi) is 6.02. The number of nitrogens with zero attached hydrogens (tertiary/aromatic N) is 3. The van der Waals surface area contributed by atoms with Gasteiger partial charge in [-0.1, -0.05) is 37.3 Å². The van der Waals surface area contributed by atoms with Crippen LogP contribution in [0.2, 0.25) is 0 Å². The second-order valence-electron chi connectivity index (χ2n) is 11.3. The predicted molar refractivity (Wildman–Crippen MR) is 123 cm³/mol. The molecule has 0 aliphatic carbocycles. The van der Waals surface area contributed by atoms with E-state index in [0.717, 1.165) is 39.0 Å². The molecule has 30 heavy (non-hydrogen) atoms. The van der Waals surface area contributed by atoms with Gasteiger partial charge < -0.3 is 4.90 Å². The maximum Gasteiger partial charge on any atom is 0.240 e. The topological polar surface area (TPSA) is 26.8 Å². The van der Waals surface area contributed by atoms with Gasteiger partial charge in [0.15, 0.2) is 0 Å². The number of piperidine rings is 2. The maximum atomic E-state index is 13.7. The van der Waals surface area contributed by atoms with Crippen LogP contribution in [0.1, 0.15) is 72.3 Å². The van der Waals surface area contributed by atoms with E-state index in [1.54, 1.807) is 0 Å². The van der Waals surface area contributed by atoms with Gasteiger partial charge >= 0.3 is 0 Å². The largest absolute Gasteiger partial charge is 0.338 e. The van der Waals surface area contributed by atoms with Gasteiger partial charge in [-0.25, -0.2) is 0 Å². The van der Waals surface area contributed by atoms with E-state index in [9.17, 15) is 4.79 Å². The summed E-state index contributed by atoms with van der Waals surface area (Å²) in [5.74, 6) is 0.795. The third kappa shape index (κ3) is 4.18. The molecule has 1 aromatic rings. The van der Waals surface area contributed by atoms with Gasteiger partial charge in [0.25, 0.3) is 0 Å². The Hall–Kier alpha value is -1.39. The van der Waals surface area contributed by atoms with Crippen molar-refractivity contribution in [1.29, 1.82) is 0 Å². The Bertz CT molecular complexity index is 720. The Labute approximate surface area is 183 Å². The molecule has 1 aromatic carbocycles. The average molecular weight is 412 g/mol. The fourth-order valence-corrected chi connectivity index (χ4v) is 6.60. The molecule has 0 saturated carbocycles. The molecule has 3 saturated heterocycles. The lowest BCUT2D eigenvalue weighted by Gasteiger charge is -2.56. The lowest BCUT2D eigenvalue weighted by Crippen LogP contribution is -2.65. The van der Waals surface area contributed by atoms with Gasteiger partial charge in [-0.05, 0) is 71.3 Å². The van der Waals surface area contributed by atoms with Gasteiger partial charge in [-0.15, -0.1) is 0 Å². The van der Waals surface area contributed by atoms with Crippen molar-refractivity contribution in [1.82, 2.24) is 14.7 Å². The number of likely N-dealkylation sites (tertiary alicyclic amines) is 3. The van der Waals surface area contributed by atoms with E-state index in [1.165, 1.54) is 24.8 Å². The molecule has 4 heteroatoms. The van der Waals surface area contributed by atoms with Crippen LogP contribution in [0.3, 0.4) is 0 Å². The van der Waals surface area contributed by atoms with Gasteiger partial charge in [0.05, 0.1) is 6.04 Å². The van der Waals surface area contributed by atoms with Crippen LogP contribution in [0.4, 0.5) is 0 Å². The third-order valence-electron chi connectivity index (χ3n) is 7.97. The van der Waals surface area contributed by atoms with E-state index in [-0.39, 0.29) is 17.1 Å². The Morgan fingerprint density at radius 3 is 2.17 bits per heavy atom. The van der Waals surface area contributed by atoms with E-state index in [1.807, 2.05) is 0 Å². The standard InChI is InChI=1S/C26H41N3O/c1-20-18-28(22-12-16-27(17-13-22)19-21-10-7-6-8-11-21)24(30)23(20)29-25(2,3)14-9-15-26(29,4)5/h6-8,10-11,20,22-23H,9,12-19H2,1-5H3/t20-,23+/m1/s1. The molecule has 0 spiro atoms. The number of carbonyl (C=O) groups excluding carboxylic acids is 1. The Balaban J connectivity index is 1.41. The molecular formula is C26H41N3O. The molecule has 2 atom stereocenters. The molecule has 0 unspecified atom stereocenters. The first-order valence-corrected chi connectivity index (χ1v) is 12.1. The minimum atomic E-state index is 0.0395. The number of rotatable bonds is 4. The fourth-order valence-electron chi connectivity index (χ4n) is 6.60. The van der Waals surface area contributed by atoms with Crippen molar-refractivity contribution in [3.05, 3.63) is 35.9 Å². The van der Waals surface area contributed by atoms with Crippen LogP contribution >= 0.6 is 0 Å². The van der Waals surface area contributed by atoms with Crippen molar-refractivity contribution < 1.29 is 4.79 Å². The van der Waals surface area contributed by atoms with Crippen LogP contribution in [0.15, 0.2) is 30.3 Å². The molecule has 3 heterocycles. The van der Waals surface area contributed by atoms with Crippen LogP contribution in [0.5, 0.6) is 0 Å². The van der Waals surface area contributed by atoms with Crippen molar-refractivity contribution >= 4 is 5.91 Å². The first kappa shape index (κ1) is 21.8. The second-order valence-corrected chi connectivity index (χ2v) is 11.3. The van der Waals surface area contributed by atoms with Crippen LogP contribution < -0.4 is 0 Å². The summed E-state index contributed by atoms with van der Waals surface area (Å²) in [6.45, 7) is 15.8. The van der Waals surface area contributed by atoms with Gasteiger partial charge in [0, 0.05) is 43.3 Å². The summed E-state index contributed by atoms with van der Waals surface area (Å²) in [6, 6.07) is 11.2. The summed E-state index contributed by atoms with van der Waals surface area (Å²) in [7, 11) is 0. The van der Waals surface area contributed by atoms with Crippen molar-refractivity contribution in [3.63, 3.8) is 0 Å². The molecule has 0 radical (unpaired) electrons. The molecule has 0 aromatic heterocycles. The smallest absolute Gasteiger partial charge is 0.240 e. The van der Waals surface area contributed by atoms with Gasteiger partial charge in [-0.3, -0.25) is 14.6 Å². The molecule has 1 amide bonds. The molecule has 0 bridgehead atoms. The van der Waals surface area contributed by atoms with Crippen LogP contribution in [-0.2, 0) is 11.3 Å². The number of benzene rings is 1. The molecular weight excluding hydrogens is 370 g/mol. The zero-order valence-corrected chi connectivity index (χ0v) is 19.7. The summed E-state index contributed by atoms with van der Waals surface area (Å²) in [6.07, 6.45) is 5.83. The summed E-state index contributed by atoms with van der Waals surface area (Å²) < 4.78 is 0. The number of amides is 1. The normalized spacial score (nSPS) is 30.7. The lowest BCUT2D eigenvalue weighted by atomic mass is 9.77. The minimum absolute atomic E-state index is 0.0395. The van der Waals surface area contributed by atoms with Crippen LogP contribution in [0.25, 0.3) is 0 Å². The molecule has 3 fully saturated rings. The highest BCUT2D eigenvalue weighted by atomic mass is 16.2. The van der Waals surface area contributed by atoms with Crippen LogP contribution in [0, 0.1) is 5.92 Å². The summed E-state index contributed by atoms with van der Waals surface area (Å²) in [4.78, 5) is 21.1. The van der Waals surface area contributed by atoms with Gasteiger partial charge in [0.2, 0.25) is 5.91 Å². The highest BCUT2D eigenvalue weighted by Crippen LogP contribution is 2.43. The highest BCUT2D eigenvalue weighted by Gasteiger charge is 2.53. The average Bonchev–Trinajstić information content (AvgIpc) is 2.97. The van der Waals surface area contributed by atoms with E-state index in [2.05, 4.69) is 79.7 Å². The zero-order valence-electron chi connectivity index (χ0n) is 19.7. The number of hydrogen-bond acceptors (Lipinski definition) is 3. The Morgan fingerprint density at radius 2 is 1.57 bits per heavy atom. The number of carbonyl (C=O) groups is 1. The first-order chi connectivity index (χ1) is 14.2. The molecule has 166 valence electrons. The molecule has 3 aliphatic rings. The lowest BCUT2D eigenvalue weighted by molar-refractivity contribution is -0.144. The van der Waals surface area contributed by atoms with Gasteiger partial charge in [0.1, 0.15) is 0 Å². The maximum absolute atomic E-state index is 13.7. The SMILES string of the molecule is C[C@@H]1CN(C2CCN(Cc3ccccc3)CC2)C(=O)[C@H]1N1C(C)(C)CCCC1(C)C. The van der Waals surface area contributed by atoms with E-state index >= 15 is 0 Å².